The molecule has 0 aliphatic rings. The molecular weight excluding hydrogens is 364 g/mol. The predicted molar refractivity (Wildman–Crippen MR) is 106 cm³/mol. The molecule has 0 unspecified atom stereocenters. The molecule has 0 fully saturated rings. The number of aromatic amines is 1. The van der Waals surface area contributed by atoms with Crippen molar-refractivity contribution in [2.24, 2.45) is 5.10 Å². The third-order valence-electron chi connectivity index (χ3n) is 3.83. The fraction of sp³-hybridized carbons (Fsp3) is 0.278. The Bertz CT molecular complexity index is 991. The molecule has 0 aliphatic carbocycles. The standard InChI is InChI=1S/C18H20N6O2S/c1-3-6-15(25)21-18-24-23-17(27-18)9-16(26)22-19-10-13-11(2)20-14-8-5-4-7-12(13)14/h4-5,7-8,10,20H,3,6,9H2,1-2H3,(H,22,26)(H,21,24,25)/b19-10+. The highest BCUT2D eigenvalue weighted by Gasteiger charge is 2.11. The van der Waals surface area contributed by atoms with Gasteiger partial charge in [-0.15, -0.1) is 10.2 Å². The summed E-state index contributed by atoms with van der Waals surface area (Å²) >= 11 is 1.18. The normalized spacial score (nSPS) is 11.2. The second kappa shape index (κ2) is 8.54. The number of carbonyl (C=O) groups excluding carboxylic acids is 2. The van der Waals surface area contributed by atoms with Gasteiger partial charge in [0, 0.05) is 28.6 Å². The van der Waals surface area contributed by atoms with Crippen molar-refractivity contribution in [3.63, 3.8) is 0 Å². The van der Waals surface area contributed by atoms with Crippen molar-refractivity contribution < 1.29 is 9.59 Å². The Morgan fingerprint density at radius 2 is 2.07 bits per heavy atom. The highest BCUT2D eigenvalue weighted by Crippen LogP contribution is 2.20. The molecule has 0 bridgehead atoms. The van der Waals surface area contributed by atoms with Crippen molar-refractivity contribution in [2.45, 2.75) is 33.1 Å². The lowest BCUT2D eigenvalue weighted by molar-refractivity contribution is -0.120. The number of rotatable bonds is 7. The van der Waals surface area contributed by atoms with Gasteiger partial charge in [-0.05, 0) is 19.4 Å². The number of hydrazone groups is 1. The molecule has 3 aromatic rings. The van der Waals surface area contributed by atoms with Crippen LogP contribution in [0.5, 0.6) is 0 Å². The fourth-order valence-electron chi connectivity index (χ4n) is 2.59. The van der Waals surface area contributed by atoms with Crippen LogP contribution in [0.1, 0.15) is 36.0 Å². The molecule has 0 aliphatic heterocycles. The van der Waals surface area contributed by atoms with Gasteiger partial charge in [-0.3, -0.25) is 9.59 Å². The molecule has 140 valence electrons. The molecule has 2 aromatic heterocycles. The monoisotopic (exact) mass is 384 g/mol. The summed E-state index contributed by atoms with van der Waals surface area (Å²) in [5.74, 6) is -0.408. The Morgan fingerprint density at radius 3 is 2.89 bits per heavy atom. The first-order valence-corrected chi connectivity index (χ1v) is 9.40. The van der Waals surface area contributed by atoms with Crippen molar-refractivity contribution in [3.05, 3.63) is 40.5 Å². The van der Waals surface area contributed by atoms with Crippen molar-refractivity contribution >= 4 is 45.4 Å². The Balaban J connectivity index is 1.57. The van der Waals surface area contributed by atoms with E-state index in [1.165, 1.54) is 11.3 Å². The molecule has 3 rings (SSSR count). The van der Waals surface area contributed by atoms with Gasteiger partial charge in [0.25, 0.3) is 0 Å². The van der Waals surface area contributed by atoms with Crippen molar-refractivity contribution in [2.75, 3.05) is 5.32 Å². The average Bonchev–Trinajstić information content (AvgIpc) is 3.19. The van der Waals surface area contributed by atoms with Crippen LogP contribution in [0.4, 0.5) is 5.13 Å². The van der Waals surface area contributed by atoms with Gasteiger partial charge in [-0.1, -0.05) is 36.5 Å². The fourth-order valence-corrected chi connectivity index (χ4v) is 3.35. The second-order valence-corrected chi connectivity index (χ2v) is 7.04. The highest BCUT2D eigenvalue weighted by atomic mass is 32.1. The number of hydrogen-bond donors (Lipinski definition) is 3. The van der Waals surface area contributed by atoms with Gasteiger partial charge in [0.05, 0.1) is 12.6 Å². The van der Waals surface area contributed by atoms with E-state index in [9.17, 15) is 9.59 Å². The number of H-pyrrole nitrogens is 1. The Labute approximate surface area is 160 Å². The molecule has 3 N–H and O–H groups in total. The molecular formula is C18H20N6O2S. The highest BCUT2D eigenvalue weighted by molar-refractivity contribution is 7.15. The van der Waals surface area contributed by atoms with Crippen LogP contribution in [0.3, 0.4) is 0 Å². The maximum Gasteiger partial charge on any atom is 0.247 e. The lowest BCUT2D eigenvalue weighted by Crippen LogP contribution is -2.19. The number of hydrogen-bond acceptors (Lipinski definition) is 6. The zero-order chi connectivity index (χ0) is 19.2. The summed E-state index contributed by atoms with van der Waals surface area (Å²) in [6.45, 7) is 3.88. The first-order chi connectivity index (χ1) is 13.1. The molecule has 0 radical (unpaired) electrons. The van der Waals surface area contributed by atoms with Gasteiger partial charge in [-0.2, -0.15) is 5.10 Å². The van der Waals surface area contributed by atoms with Crippen molar-refractivity contribution in [3.8, 4) is 0 Å². The molecule has 2 heterocycles. The summed E-state index contributed by atoms with van der Waals surface area (Å²) in [5, 5.41) is 16.5. The predicted octanol–water partition coefficient (Wildman–Crippen LogP) is 2.76. The Hall–Kier alpha value is -3.07. The van der Waals surface area contributed by atoms with Gasteiger partial charge in [-0.25, -0.2) is 5.43 Å². The number of aromatic nitrogens is 3. The van der Waals surface area contributed by atoms with Gasteiger partial charge in [0.15, 0.2) is 0 Å². The molecule has 0 saturated heterocycles. The first-order valence-electron chi connectivity index (χ1n) is 8.58. The van der Waals surface area contributed by atoms with Crippen molar-refractivity contribution in [1.82, 2.24) is 20.6 Å². The minimum absolute atomic E-state index is 0.0471. The second-order valence-electron chi connectivity index (χ2n) is 5.98. The van der Waals surface area contributed by atoms with E-state index in [1.54, 1.807) is 6.21 Å². The maximum absolute atomic E-state index is 12.0. The molecule has 9 heteroatoms. The lowest BCUT2D eigenvalue weighted by Gasteiger charge is -1.98. The zero-order valence-electron chi connectivity index (χ0n) is 15.1. The number of nitrogens with one attached hydrogen (secondary N) is 3. The van der Waals surface area contributed by atoms with Crippen molar-refractivity contribution in [1.29, 1.82) is 0 Å². The third-order valence-corrected chi connectivity index (χ3v) is 4.67. The summed E-state index contributed by atoms with van der Waals surface area (Å²) in [6.07, 6.45) is 2.86. The average molecular weight is 384 g/mol. The number of anilines is 1. The largest absolute Gasteiger partial charge is 0.358 e. The van der Waals surface area contributed by atoms with Crippen LogP contribution in [-0.2, 0) is 16.0 Å². The number of para-hydroxylation sites is 1. The Morgan fingerprint density at radius 1 is 1.26 bits per heavy atom. The number of carbonyl (C=O) groups is 2. The smallest absolute Gasteiger partial charge is 0.247 e. The molecule has 0 saturated carbocycles. The minimum atomic E-state index is -0.300. The summed E-state index contributed by atoms with van der Waals surface area (Å²) in [6, 6.07) is 7.90. The van der Waals surface area contributed by atoms with E-state index in [4.69, 9.17) is 0 Å². The molecule has 8 nitrogen and oxygen atoms in total. The van der Waals surface area contributed by atoms with Gasteiger partial charge >= 0.3 is 0 Å². The van der Waals surface area contributed by atoms with Crippen LogP contribution in [-0.4, -0.2) is 33.2 Å². The topological polar surface area (TPSA) is 112 Å². The quantitative estimate of drug-likeness (QED) is 0.429. The van der Waals surface area contributed by atoms with E-state index in [1.807, 2.05) is 38.1 Å². The van der Waals surface area contributed by atoms with E-state index < -0.39 is 0 Å². The number of aryl methyl sites for hydroxylation is 1. The zero-order valence-corrected chi connectivity index (χ0v) is 15.9. The van der Waals surface area contributed by atoms with E-state index in [-0.39, 0.29) is 18.2 Å². The van der Waals surface area contributed by atoms with Crippen LogP contribution in [0.25, 0.3) is 10.9 Å². The number of nitrogens with zero attached hydrogens (tertiary/aromatic N) is 3. The summed E-state index contributed by atoms with van der Waals surface area (Å²) < 4.78 is 0. The van der Waals surface area contributed by atoms with E-state index in [2.05, 4.69) is 31.0 Å². The van der Waals surface area contributed by atoms with E-state index >= 15 is 0 Å². The van der Waals surface area contributed by atoms with Crippen LogP contribution < -0.4 is 10.7 Å². The third kappa shape index (κ3) is 4.76. The lowest BCUT2D eigenvalue weighted by atomic mass is 10.1. The number of benzene rings is 1. The Kier molecular flexibility index (Phi) is 5.92. The van der Waals surface area contributed by atoms with Crippen LogP contribution in [0.15, 0.2) is 29.4 Å². The SMILES string of the molecule is CCCC(=O)Nc1nnc(CC(=O)N/N=C/c2c(C)[nH]c3ccccc23)s1. The molecule has 0 atom stereocenters. The van der Waals surface area contributed by atoms with Crippen LogP contribution >= 0.6 is 11.3 Å². The van der Waals surface area contributed by atoms with E-state index in [0.29, 0.717) is 16.6 Å². The molecule has 0 spiro atoms. The summed E-state index contributed by atoms with van der Waals surface area (Å²) in [7, 11) is 0. The number of fused-ring (bicyclic) bond motifs is 1. The van der Waals surface area contributed by atoms with Gasteiger partial charge in [0.2, 0.25) is 16.9 Å². The van der Waals surface area contributed by atoms with E-state index in [0.717, 1.165) is 28.6 Å². The minimum Gasteiger partial charge on any atom is -0.358 e. The molecule has 27 heavy (non-hydrogen) atoms. The summed E-state index contributed by atoms with van der Waals surface area (Å²) in [4.78, 5) is 26.9. The number of amides is 2. The van der Waals surface area contributed by atoms with Crippen LogP contribution in [0, 0.1) is 6.92 Å². The first kappa shape index (κ1) is 18.7. The van der Waals surface area contributed by atoms with Crippen LogP contribution in [0.2, 0.25) is 0 Å². The maximum atomic E-state index is 12.0. The van der Waals surface area contributed by atoms with Gasteiger partial charge in [0.1, 0.15) is 5.01 Å². The molecule has 1 aromatic carbocycles. The summed E-state index contributed by atoms with van der Waals surface area (Å²) in [5.41, 5.74) is 5.43. The van der Waals surface area contributed by atoms with Gasteiger partial charge < -0.3 is 10.3 Å². The molecule has 2 amide bonds.